The topological polar surface area (TPSA) is 62.2 Å². The third-order valence-electron chi connectivity index (χ3n) is 2.67. The number of carboxylic acids is 1. The molecule has 2 rings (SSSR count). The van der Waals surface area contributed by atoms with E-state index in [1.54, 1.807) is 24.0 Å². The zero-order valence-electron chi connectivity index (χ0n) is 9.80. The number of carboxylic acid groups (broad SMARTS) is 1. The van der Waals surface area contributed by atoms with Gasteiger partial charge in [0.2, 0.25) is 0 Å². The van der Waals surface area contributed by atoms with Crippen molar-refractivity contribution in [2.45, 2.75) is 36.4 Å². The van der Waals surface area contributed by atoms with E-state index < -0.39 is 12.0 Å². The molecule has 2 N–H and O–H groups in total. The fourth-order valence-electron chi connectivity index (χ4n) is 1.54. The largest absolute Gasteiger partial charge is 0.480 e. The molecule has 0 saturated heterocycles. The molecule has 1 fully saturated rings. The van der Waals surface area contributed by atoms with Crippen molar-refractivity contribution in [2.24, 2.45) is 0 Å². The van der Waals surface area contributed by atoms with Gasteiger partial charge in [0.1, 0.15) is 6.04 Å². The Morgan fingerprint density at radius 2 is 2.39 bits per heavy atom. The fraction of sp³-hybridized carbons (Fsp3) is 0.500. The van der Waals surface area contributed by atoms with Gasteiger partial charge in [-0.3, -0.25) is 4.79 Å². The van der Waals surface area contributed by atoms with Crippen LogP contribution in [0.15, 0.2) is 23.4 Å². The van der Waals surface area contributed by atoms with Crippen LogP contribution in [0.2, 0.25) is 5.02 Å². The average molecular weight is 287 g/mol. The average Bonchev–Trinajstić information content (AvgIpc) is 3.14. The van der Waals surface area contributed by atoms with E-state index in [0.29, 0.717) is 17.5 Å². The van der Waals surface area contributed by atoms with E-state index in [9.17, 15) is 4.79 Å². The first-order valence-corrected chi connectivity index (χ1v) is 7.25. The Morgan fingerprint density at radius 3 is 2.94 bits per heavy atom. The highest BCUT2D eigenvalue weighted by atomic mass is 35.5. The summed E-state index contributed by atoms with van der Waals surface area (Å²) in [5.41, 5.74) is 0. The molecule has 1 aliphatic rings. The van der Waals surface area contributed by atoms with Crippen LogP contribution in [0.3, 0.4) is 0 Å². The fourth-order valence-corrected chi connectivity index (χ4v) is 2.51. The number of nitrogens with one attached hydrogen (secondary N) is 1. The summed E-state index contributed by atoms with van der Waals surface area (Å²) in [6, 6.07) is 3.59. The van der Waals surface area contributed by atoms with Crippen molar-refractivity contribution >= 4 is 29.3 Å². The van der Waals surface area contributed by atoms with E-state index in [2.05, 4.69) is 10.3 Å². The molecule has 0 radical (unpaired) electrons. The maximum absolute atomic E-state index is 11.0. The summed E-state index contributed by atoms with van der Waals surface area (Å²) in [6.45, 7) is 0. The zero-order valence-corrected chi connectivity index (χ0v) is 11.4. The Balaban J connectivity index is 1.75. The molecule has 0 aromatic carbocycles. The van der Waals surface area contributed by atoms with Gasteiger partial charge in [0, 0.05) is 18.0 Å². The molecule has 1 atom stereocenters. The van der Waals surface area contributed by atoms with Gasteiger partial charge in [-0.15, -0.1) is 11.8 Å². The first-order chi connectivity index (χ1) is 8.65. The summed E-state index contributed by atoms with van der Waals surface area (Å²) in [5.74, 6) is -0.0442. The SMILES string of the molecule is O=C(O)C(CCSc1ccc(Cl)cn1)NC1CC1. The highest BCUT2D eigenvalue weighted by molar-refractivity contribution is 7.99. The molecule has 1 heterocycles. The number of rotatable bonds is 7. The van der Waals surface area contributed by atoms with E-state index in [4.69, 9.17) is 16.7 Å². The summed E-state index contributed by atoms with van der Waals surface area (Å²) in [5, 5.41) is 13.7. The van der Waals surface area contributed by atoms with Gasteiger partial charge in [0.25, 0.3) is 0 Å². The van der Waals surface area contributed by atoms with Gasteiger partial charge in [-0.1, -0.05) is 11.6 Å². The van der Waals surface area contributed by atoms with Gasteiger partial charge < -0.3 is 10.4 Å². The lowest BCUT2D eigenvalue weighted by molar-refractivity contribution is -0.139. The second-order valence-corrected chi connectivity index (χ2v) is 5.84. The minimum atomic E-state index is -0.772. The Bertz CT molecular complexity index is 409. The van der Waals surface area contributed by atoms with Crippen LogP contribution in [0.25, 0.3) is 0 Å². The minimum absolute atomic E-state index is 0.407. The summed E-state index contributed by atoms with van der Waals surface area (Å²) in [6.07, 6.45) is 4.38. The van der Waals surface area contributed by atoms with Crippen LogP contribution >= 0.6 is 23.4 Å². The Hall–Kier alpha value is -0.780. The molecule has 1 aromatic heterocycles. The van der Waals surface area contributed by atoms with Crippen LogP contribution in [-0.4, -0.2) is 33.9 Å². The predicted octanol–water partition coefficient (Wildman–Crippen LogP) is 2.42. The predicted molar refractivity (Wildman–Crippen MR) is 72.2 cm³/mol. The number of hydrogen-bond donors (Lipinski definition) is 2. The summed E-state index contributed by atoms with van der Waals surface area (Å²) >= 11 is 7.29. The van der Waals surface area contributed by atoms with E-state index >= 15 is 0 Å². The normalized spacial score (nSPS) is 16.5. The van der Waals surface area contributed by atoms with E-state index in [-0.39, 0.29) is 0 Å². The molecule has 0 amide bonds. The van der Waals surface area contributed by atoms with E-state index in [0.717, 1.165) is 23.6 Å². The van der Waals surface area contributed by atoms with Crippen molar-refractivity contribution in [2.75, 3.05) is 5.75 Å². The van der Waals surface area contributed by atoms with Crippen LogP contribution in [0.5, 0.6) is 0 Å². The summed E-state index contributed by atoms with van der Waals surface area (Å²) < 4.78 is 0. The van der Waals surface area contributed by atoms with Crippen LogP contribution in [0, 0.1) is 0 Å². The van der Waals surface area contributed by atoms with Gasteiger partial charge in [-0.25, -0.2) is 4.98 Å². The molecule has 1 aromatic rings. The van der Waals surface area contributed by atoms with Gasteiger partial charge in [0.15, 0.2) is 0 Å². The third kappa shape index (κ3) is 4.48. The first kappa shape index (κ1) is 13.6. The number of halogens is 1. The van der Waals surface area contributed by atoms with Crippen LogP contribution < -0.4 is 5.32 Å². The standard InChI is InChI=1S/C12H15ClN2O2S/c13-8-1-4-11(14-7-8)18-6-5-10(12(16)17)15-9-2-3-9/h1,4,7,9-10,15H,2-3,5-6H2,(H,16,17). The quantitative estimate of drug-likeness (QED) is 0.754. The summed E-state index contributed by atoms with van der Waals surface area (Å²) in [4.78, 5) is 15.2. The number of aromatic nitrogens is 1. The number of aliphatic carboxylic acids is 1. The minimum Gasteiger partial charge on any atom is -0.480 e. The molecule has 1 saturated carbocycles. The highest BCUT2D eigenvalue weighted by Crippen LogP contribution is 2.22. The molecule has 0 spiro atoms. The number of thioether (sulfide) groups is 1. The number of hydrogen-bond acceptors (Lipinski definition) is 4. The molecular formula is C12H15ClN2O2S. The maximum Gasteiger partial charge on any atom is 0.320 e. The monoisotopic (exact) mass is 286 g/mol. The maximum atomic E-state index is 11.0. The van der Waals surface area contributed by atoms with Gasteiger partial charge >= 0.3 is 5.97 Å². The Kier molecular flexibility index (Phi) is 4.86. The van der Waals surface area contributed by atoms with Crippen LogP contribution in [0.4, 0.5) is 0 Å². The van der Waals surface area contributed by atoms with Gasteiger partial charge in [-0.05, 0) is 31.4 Å². The number of pyridine rings is 1. The first-order valence-electron chi connectivity index (χ1n) is 5.88. The zero-order chi connectivity index (χ0) is 13.0. The number of carbonyl (C=O) groups is 1. The smallest absolute Gasteiger partial charge is 0.320 e. The van der Waals surface area contributed by atoms with Crippen molar-refractivity contribution in [3.63, 3.8) is 0 Å². The lowest BCUT2D eigenvalue weighted by atomic mass is 10.2. The molecule has 6 heteroatoms. The second-order valence-electron chi connectivity index (χ2n) is 4.28. The molecule has 98 valence electrons. The van der Waals surface area contributed by atoms with Gasteiger partial charge in [-0.2, -0.15) is 0 Å². The highest BCUT2D eigenvalue weighted by Gasteiger charge is 2.27. The summed E-state index contributed by atoms with van der Waals surface area (Å²) in [7, 11) is 0. The molecule has 0 bridgehead atoms. The number of nitrogens with zero attached hydrogens (tertiary/aromatic N) is 1. The molecule has 4 nitrogen and oxygen atoms in total. The second kappa shape index (κ2) is 6.41. The lowest BCUT2D eigenvalue weighted by Gasteiger charge is -2.13. The van der Waals surface area contributed by atoms with E-state index in [1.807, 2.05) is 6.07 Å². The Morgan fingerprint density at radius 1 is 1.61 bits per heavy atom. The van der Waals surface area contributed by atoms with Crippen molar-refractivity contribution in [1.82, 2.24) is 10.3 Å². The Labute approximate surface area is 115 Å². The van der Waals surface area contributed by atoms with E-state index in [1.165, 1.54) is 0 Å². The van der Waals surface area contributed by atoms with Crippen molar-refractivity contribution in [3.05, 3.63) is 23.4 Å². The molecule has 1 unspecified atom stereocenters. The van der Waals surface area contributed by atoms with Crippen LogP contribution in [-0.2, 0) is 4.79 Å². The van der Waals surface area contributed by atoms with Crippen molar-refractivity contribution < 1.29 is 9.90 Å². The lowest BCUT2D eigenvalue weighted by Crippen LogP contribution is -2.38. The molecule has 0 aliphatic heterocycles. The molecule has 1 aliphatic carbocycles. The van der Waals surface area contributed by atoms with Crippen molar-refractivity contribution in [3.8, 4) is 0 Å². The van der Waals surface area contributed by atoms with Gasteiger partial charge in [0.05, 0.1) is 10.0 Å². The third-order valence-corrected chi connectivity index (χ3v) is 3.87. The van der Waals surface area contributed by atoms with Crippen LogP contribution in [0.1, 0.15) is 19.3 Å². The molecule has 18 heavy (non-hydrogen) atoms. The van der Waals surface area contributed by atoms with Crippen molar-refractivity contribution in [1.29, 1.82) is 0 Å². The molecular weight excluding hydrogens is 272 g/mol.